The molecule has 39 heavy (non-hydrogen) atoms. The number of halogens is 2. The van der Waals surface area contributed by atoms with Gasteiger partial charge in [0.2, 0.25) is 5.75 Å². The lowest BCUT2D eigenvalue weighted by Crippen LogP contribution is -2.04. The van der Waals surface area contributed by atoms with Crippen molar-refractivity contribution in [1.29, 1.82) is 0 Å². The molecular formula is C28H21Cl2NO8. The molecule has 0 saturated carbocycles. The number of benzene rings is 4. The second-order valence-corrected chi connectivity index (χ2v) is 8.62. The van der Waals surface area contributed by atoms with Crippen LogP contribution in [0.2, 0.25) is 10.0 Å². The Morgan fingerprint density at radius 1 is 0.744 bits per heavy atom. The number of phenols is 2. The van der Waals surface area contributed by atoms with Crippen LogP contribution in [0.1, 0.15) is 31.8 Å². The van der Waals surface area contributed by atoms with Crippen molar-refractivity contribution in [1.82, 2.24) is 0 Å². The minimum absolute atomic E-state index is 0.00412. The van der Waals surface area contributed by atoms with E-state index in [9.17, 15) is 29.9 Å². The average Bonchev–Trinajstić information content (AvgIpc) is 2.93. The fourth-order valence-electron chi connectivity index (χ4n) is 3.44. The standard InChI is InChI=1S/C14H10ClNO5.C14H11ClO3/c1-21-12-7-8(6-11(14(12)18)16(19)20)13(17)9-4-2-3-5-10(9)15;1-18-13-8-9(6-7-12(13)16)14(17)10-4-2-3-5-11(10)15/h2-7,18H,1H3;2-8,16H,1H3. The summed E-state index contributed by atoms with van der Waals surface area (Å²) in [6.45, 7) is 0. The minimum Gasteiger partial charge on any atom is -0.504 e. The van der Waals surface area contributed by atoms with E-state index < -0.39 is 22.1 Å². The summed E-state index contributed by atoms with van der Waals surface area (Å²) in [6, 6.07) is 19.8. The maximum Gasteiger partial charge on any atom is 0.315 e. The number of carbonyl (C=O) groups is 2. The number of hydrogen-bond acceptors (Lipinski definition) is 8. The number of ketones is 2. The number of methoxy groups -OCH3 is 2. The fourth-order valence-corrected chi connectivity index (χ4v) is 3.88. The molecule has 0 aliphatic rings. The Morgan fingerprint density at radius 2 is 1.23 bits per heavy atom. The molecule has 4 aromatic rings. The van der Waals surface area contributed by atoms with Crippen LogP contribution in [0.5, 0.6) is 23.0 Å². The third-order valence-electron chi connectivity index (χ3n) is 5.41. The molecule has 0 radical (unpaired) electrons. The van der Waals surface area contributed by atoms with Crippen molar-refractivity contribution in [2.75, 3.05) is 14.2 Å². The Balaban J connectivity index is 0.000000218. The summed E-state index contributed by atoms with van der Waals surface area (Å²) in [7, 11) is 2.67. The lowest BCUT2D eigenvalue weighted by atomic mass is 10.0. The van der Waals surface area contributed by atoms with Crippen LogP contribution in [0, 0.1) is 10.1 Å². The van der Waals surface area contributed by atoms with E-state index in [1.165, 1.54) is 44.6 Å². The molecule has 4 aromatic carbocycles. The molecule has 0 heterocycles. The smallest absolute Gasteiger partial charge is 0.315 e. The lowest BCUT2D eigenvalue weighted by Gasteiger charge is -2.08. The summed E-state index contributed by atoms with van der Waals surface area (Å²) in [5.41, 5.74) is 0.445. The van der Waals surface area contributed by atoms with Crippen LogP contribution in [0.25, 0.3) is 0 Å². The average molecular weight is 570 g/mol. The molecule has 0 bridgehead atoms. The maximum absolute atomic E-state index is 12.4. The predicted molar refractivity (Wildman–Crippen MR) is 146 cm³/mol. The van der Waals surface area contributed by atoms with Gasteiger partial charge < -0.3 is 19.7 Å². The summed E-state index contributed by atoms with van der Waals surface area (Å²) in [5, 5.41) is 30.7. The Bertz CT molecular complexity index is 1550. The van der Waals surface area contributed by atoms with E-state index in [2.05, 4.69) is 0 Å². The molecule has 0 aliphatic heterocycles. The molecule has 0 aromatic heterocycles. The van der Waals surface area contributed by atoms with E-state index in [0.717, 1.165) is 6.07 Å². The first-order chi connectivity index (χ1) is 18.6. The lowest BCUT2D eigenvalue weighted by molar-refractivity contribution is -0.386. The van der Waals surface area contributed by atoms with Gasteiger partial charge in [0, 0.05) is 28.3 Å². The van der Waals surface area contributed by atoms with Gasteiger partial charge in [-0.05, 0) is 48.5 Å². The van der Waals surface area contributed by atoms with Crippen LogP contribution in [0.3, 0.4) is 0 Å². The number of nitro groups is 1. The van der Waals surface area contributed by atoms with Gasteiger partial charge in [0.15, 0.2) is 28.8 Å². The van der Waals surface area contributed by atoms with Crippen molar-refractivity contribution in [2.24, 2.45) is 0 Å². The Kier molecular flexibility index (Phi) is 9.48. The second-order valence-electron chi connectivity index (χ2n) is 7.81. The molecule has 0 saturated heterocycles. The molecule has 4 rings (SSSR count). The number of nitrogens with zero attached hydrogens (tertiary/aromatic N) is 1. The van der Waals surface area contributed by atoms with E-state index in [1.54, 1.807) is 42.5 Å². The molecule has 0 fully saturated rings. The topological polar surface area (TPSA) is 136 Å². The Labute approximate surface area is 232 Å². The monoisotopic (exact) mass is 569 g/mol. The molecule has 0 atom stereocenters. The second kappa shape index (κ2) is 12.8. The molecule has 200 valence electrons. The van der Waals surface area contributed by atoms with Crippen LogP contribution < -0.4 is 9.47 Å². The van der Waals surface area contributed by atoms with E-state index in [4.69, 9.17) is 32.7 Å². The van der Waals surface area contributed by atoms with Crippen LogP contribution in [-0.2, 0) is 0 Å². The van der Waals surface area contributed by atoms with Gasteiger partial charge in [-0.25, -0.2) is 0 Å². The van der Waals surface area contributed by atoms with Gasteiger partial charge in [-0.15, -0.1) is 0 Å². The van der Waals surface area contributed by atoms with Crippen molar-refractivity contribution < 1.29 is 34.2 Å². The van der Waals surface area contributed by atoms with Crippen LogP contribution >= 0.6 is 23.2 Å². The highest BCUT2D eigenvalue weighted by Gasteiger charge is 2.23. The Hall–Kier alpha value is -4.60. The number of aromatic hydroxyl groups is 2. The third kappa shape index (κ3) is 6.64. The first-order valence-corrected chi connectivity index (χ1v) is 11.9. The first-order valence-electron chi connectivity index (χ1n) is 11.1. The molecule has 9 nitrogen and oxygen atoms in total. The number of phenolic OH excluding ortho intramolecular Hbond substituents is 2. The molecule has 0 unspecified atom stereocenters. The fraction of sp³-hybridized carbons (Fsp3) is 0.0714. The SMILES string of the molecule is COc1cc(C(=O)c2ccccc2Cl)cc([N+](=O)[O-])c1O.COc1cc(C(=O)c2ccccc2Cl)ccc1O. The number of rotatable bonds is 7. The highest BCUT2D eigenvalue weighted by molar-refractivity contribution is 6.35. The van der Waals surface area contributed by atoms with E-state index in [-0.39, 0.29) is 39.2 Å². The van der Waals surface area contributed by atoms with Gasteiger partial charge in [-0.3, -0.25) is 19.7 Å². The number of nitro benzene ring substituents is 1. The first kappa shape index (κ1) is 29.0. The maximum atomic E-state index is 12.4. The van der Waals surface area contributed by atoms with Crippen molar-refractivity contribution in [3.63, 3.8) is 0 Å². The number of ether oxygens (including phenoxy) is 2. The normalized spacial score (nSPS) is 10.2. The zero-order chi connectivity index (χ0) is 28.7. The minimum atomic E-state index is -0.790. The molecule has 11 heteroatoms. The van der Waals surface area contributed by atoms with Crippen molar-refractivity contribution in [2.45, 2.75) is 0 Å². The van der Waals surface area contributed by atoms with Gasteiger partial charge in [0.05, 0.1) is 29.2 Å². The highest BCUT2D eigenvalue weighted by Crippen LogP contribution is 2.37. The Morgan fingerprint density at radius 3 is 1.72 bits per heavy atom. The molecular weight excluding hydrogens is 549 g/mol. The van der Waals surface area contributed by atoms with Crippen LogP contribution in [-0.4, -0.2) is 40.9 Å². The van der Waals surface area contributed by atoms with Gasteiger partial charge in [-0.1, -0.05) is 47.5 Å². The molecule has 0 amide bonds. The molecule has 0 spiro atoms. The van der Waals surface area contributed by atoms with Gasteiger partial charge in [0.25, 0.3) is 0 Å². The van der Waals surface area contributed by atoms with Gasteiger partial charge in [0.1, 0.15) is 0 Å². The van der Waals surface area contributed by atoms with Crippen LogP contribution in [0.4, 0.5) is 5.69 Å². The van der Waals surface area contributed by atoms with Gasteiger partial charge >= 0.3 is 5.69 Å². The summed E-state index contributed by atoms with van der Waals surface area (Å²) < 4.78 is 9.82. The molecule has 0 aliphatic carbocycles. The zero-order valence-electron chi connectivity index (χ0n) is 20.6. The third-order valence-corrected chi connectivity index (χ3v) is 6.07. The van der Waals surface area contributed by atoms with Gasteiger partial charge in [-0.2, -0.15) is 0 Å². The summed E-state index contributed by atoms with van der Waals surface area (Å²) in [4.78, 5) is 34.7. The molecule has 2 N–H and O–H groups in total. The number of carbonyl (C=O) groups excluding carboxylic acids is 2. The zero-order valence-corrected chi connectivity index (χ0v) is 22.1. The van der Waals surface area contributed by atoms with E-state index in [0.29, 0.717) is 16.1 Å². The van der Waals surface area contributed by atoms with Crippen molar-refractivity contribution >= 4 is 40.5 Å². The summed E-state index contributed by atoms with van der Waals surface area (Å²) in [5.74, 6) is -1.24. The predicted octanol–water partition coefficient (Wildman–Crippen LogP) is 6.48. The van der Waals surface area contributed by atoms with Crippen molar-refractivity contribution in [3.05, 3.63) is 121 Å². The van der Waals surface area contributed by atoms with Crippen LogP contribution in [0.15, 0.2) is 78.9 Å². The quantitative estimate of drug-likeness (QED) is 0.146. The highest BCUT2D eigenvalue weighted by atomic mass is 35.5. The largest absolute Gasteiger partial charge is 0.504 e. The summed E-state index contributed by atoms with van der Waals surface area (Å²) >= 11 is 11.9. The van der Waals surface area contributed by atoms with E-state index >= 15 is 0 Å². The van der Waals surface area contributed by atoms with Crippen molar-refractivity contribution in [3.8, 4) is 23.0 Å². The summed E-state index contributed by atoms with van der Waals surface area (Å²) in [6.07, 6.45) is 0. The van der Waals surface area contributed by atoms with E-state index in [1.807, 2.05) is 0 Å². The number of hydrogen-bond donors (Lipinski definition) is 2.